The molecule has 0 amide bonds. The van der Waals surface area contributed by atoms with E-state index in [2.05, 4.69) is 31.9 Å². The lowest BCUT2D eigenvalue weighted by Crippen LogP contribution is -2.64. The van der Waals surface area contributed by atoms with Crippen LogP contribution in [0.2, 0.25) is 0 Å². The Bertz CT molecular complexity index is 655. The summed E-state index contributed by atoms with van der Waals surface area (Å²) in [5, 5.41) is 10.1. The normalized spacial score (nSPS) is 39.7. The molecule has 0 spiro atoms. The van der Waals surface area contributed by atoms with Gasteiger partial charge in [-0.1, -0.05) is 26.3 Å². The first kappa shape index (κ1) is 15.2. The Kier molecular flexibility index (Phi) is 3.35. The van der Waals surface area contributed by atoms with Gasteiger partial charge in [0.1, 0.15) is 11.5 Å². The van der Waals surface area contributed by atoms with E-state index in [4.69, 9.17) is 0 Å². The van der Waals surface area contributed by atoms with Crippen LogP contribution in [0.25, 0.3) is 0 Å². The summed E-state index contributed by atoms with van der Waals surface area (Å²) in [7, 11) is 2.24. The fourth-order valence-corrected chi connectivity index (χ4v) is 6.00. The van der Waals surface area contributed by atoms with Gasteiger partial charge in [0.2, 0.25) is 0 Å². The quantitative estimate of drug-likeness (QED) is 0.866. The average Bonchev–Trinajstić information content (AvgIpc) is 2.53. The van der Waals surface area contributed by atoms with Crippen molar-refractivity contribution in [1.82, 2.24) is 4.90 Å². The number of fused-ring (bicyclic) bond motifs is 1. The molecule has 2 bridgehead atoms. The molecule has 2 fully saturated rings. The molecule has 3 nitrogen and oxygen atoms in total. The summed E-state index contributed by atoms with van der Waals surface area (Å²) in [5.74, 6) is 1.93. The fraction of sp³-hybridized carbons (Fsp3) is 0.650. The van der Waals surface area contributed by atoms with E-state index in [1.165, 1.54) is 11.1 Å². The van der Waals surface area contributed by atoms with Crippen LogP contribution in [-0.4, -0.2) is 35.4 Å². The smallest absolute Gasteiger partial charge is 0.136 e. The maximum absolute atomic E-state index is 12.8. The summed E-state index contributed by atoms with van der Waals surface area (Å²) in [4.78, 5) is 15.3. The molecule has 1 saturated carbocycles. The minimum Gasteiger partial charge on any atom is -0.508 e. The van der Waals surface area contributed by atoms with Crippen molar-refractivity contribution in [2.75, 3.05) is 13.6 Å². The molecule has 1 heterocycles. The van der Waals surface area contributed by atoms with Crippen molar-refractivity contribution in [3.63, 3.8) is 0 Å². The number of benzene rings is 1. The number of nitrogens with zero attached hydrogens (tertiary/aromatic N) is 1. The first-order valence-corrected chi connectivity index (χ1v) is 9.03. The highest BCUT2D eigenvalue weighted by Crippen LogP contribution is 2.58. The number of phenols is 1. The zero-order valence-electron chi connectivity index (χ0n) is 14.4. The number of phenolic OH excluding ortho intramolecular Hbond substituents is 1. The van der Waals surface area contributed by atoms with Crippen LogP contribution < -0.4 is 0 Å². The number of aromatic hydroxyl groups is 1. The number of Topliss-reactive ketones (excluding diaryl/α,β-unsaturated/α-hetero) is 1. The lowest BCUT2D eigenvalue weighted by atomic mass is 9.47. The van der Waals surface area contributed by atoms with Crippen molar-refractivity contribution in [3.05, 3.63) is 29.3 Å². The predicted molar refractivity (Wildman–Crippen MR) is 90.6 cm³/mol. The number of likely N-dealkylation sites (tertiary alicyclic amines) is 1. The third-order valence-electron chi connectivity index (χ3n) is 7.16. The Morgan fingerprint density at radius 1 is 1.39 bits per heavy atom. The third kappa shape index (κ3) is 1.95. The maximum Gasteiger partial charge on any atom is 0.136 e. The van der Waals surface area contributed by atoms with Gasteiger partial charge >= 0.3 is 0 Å². The standard InChI is InChI=1S/C20H27NO2/c1-4-15-12(2)18(23)11-20-7-8-21(3)17(19(15)20)9-13-5-6-14(22)10-16(13)20/h5-6,10,12,15,17,19,22H,4,7-9,11H2,1-3H3/t12-,15-,17-,19+,20-/m1/s1. The highest BCUT2D eigenvalue weighted by Gasteiger charge is 2.59. The molecule has 4 rings (SSSR count). The zero-order valence-corrected chi connectivity index (χ0v) is 14.4. The summed E-state index contributed by atoms with van der Waals surface area (Å²) < 4.78 is 0. The number of likely N-dealkylation sites (N-methyl/N-ethyl adjacent to an activating group) is 1. The van der Waals surface area contributed by atoms with Crippen molar-refractivity contribution >= 4 is 5.78 Å². The van der Waals surface area contributed by atoms with Gasteiger partial charge in [0.05, 0.1) is 0 Å². The fourth-order valence-electron chi connectivity index (χ4n) is 6.00. The molecule has 1 aromatic carbocycles. The monoisotopic (exact) mass is 313 g/mol. The molecule has 23 heavy (non-hydrogen) atoms. The molecule has 1 aliphatic heterocycles. The third-order valence-corrected chi connectivity index (χ3v) is 7.16. The van der Waals surface area contributed by atoms with Gasteiger partial charge in [0.25, 0.3) is 0 Å². The van der Waals surface area contributed by atoms with Crippen LogP contribution in [0.1, 0.15) is 44.2 Å². The SMILES string of the molecule is CC[C@H]1[C@H]2[C@H]3Cc4ccc(O)cc4[C@@]2(CCN3C)CC(=O)[C@@H]1C. The Morgan fingerprint density at radius 3 is 2.91 bits per heavy atom. The second-order valence-corrected chi connectivity index (χ2v) is 8.03. The van der Waals surface area contributed by atoms with Gasteiger partial charge in [0, 0.05) is 23.8 Å². The summed E-state index contributed by atoms with van der Waals surface area (Å²) in [6.45, 7) is 5.42. The zero-order chi connectivity index (χ0) is 16.4. The first-order valence-electron chi connectivity index (χ1n) is 9.03. The van der Waals surface area contributed by atoms with Crippen LogP contribution in [0.4, 0.5) is 0 Å². The topological polar surface area (TPSA) is 40.5 Å². The van der Waals surface area contributed by atoms with E-state index >= 15 is 0 Å². The van der Waals surface area contributed by atoms with Crippen LogP contribution >= 0.6 is 0 Å². The second kappa shape index (κ2) is 5.07. The van der Waals surface area contributed by atoms with Crippen LogP contribution in [0.3, 0.4) is 0 Å². The average molecular weight is 313 g/mol. The minimum atomic E-state index is -0.0478. The van der Waals surface area contributed by atoms with E-state index < -0.39 is 0 Å². The van der Waals surface area contributed by atoms with Crippen molar-refractivity contribution in [1.29, 1.82) is 0 Å². The number of carbonyl (C=O) groups excluding carboxylic acids is 1. The van der Waals surface area contributed by atoms with Gasteiger partial charge in [0.15, 0.2) is 0 Å². The van der Waals surface area contributed by atoms with Crippen molar-refractivity contribution < 1.29 is 9.90 Å². The van der Waals surface area contributed by atoms with Gasteiger partial charge < -0.3 is 10.0 Å². The lowest BCUT2D eigenvalue weighted by Gasteiger charge is -2.61. The number of hydrogen-bond donors (Lipinski definition) is 1. The predicted octanol–water partition coefficient (Wildman–Crippen LogP) is 3.14. The van der Waals surface area contributed by atoms with E-state index in [0.29, 0.717) is 35.8 Å². The number of rotatable bonds is 1. The molecule has 0 radical (unpaired) electrons. The molecule has 3 aliphatic rings. The molecular formula is C20H27NO2. The Balaban J connectivity index is 1.94. The van der Waals surface area contributed by atoms with Gasteiger partial charge in [-0.05, 0) is 61.5 Å². The Hall–Kier alpha value is -1.35. The molecule has 1 aromatic rings. The van der Waals surface area contributed by atoms with Gasteiger partial charge in [-0.25, -0.2) is 0 Å². The van der Waals surface area contributed by atoms with Gasteiger partial charge in [-0.3, -0.25) is 4.79 Å². The highest BCUT2D eigenvalue weighted by atomic mass is 16.3. The number of piperidine rings is 1. The van der Waals surface area contributed by atoms with E-state index in [9.17, 15) is 9.90 Å². The maximum atomic E-state index is 12.8. The van der Waals surface area contributed by atoms with E-state index in [1.807, 2.05) is 6.07 Å². The molecule has 0 unspecified atom stereocenters. The van der Waals surface area contributed by atoms with Gasteiger partial charge in [-0.2, -0.15) is 0 Å². The van der Waals surface area contributed by atoms with Crippen molar-refractivity contribution in [2.24, 2.45) is 17.8 Å². The van der Waals surface area contributed by atoms with Crippen molar-refractivity contribution in [3.8, 4) is 5.75 Å². The second-order valence-electron chi connectivity index (χ2n) is 8.03. The van der Waals surface area contributed by atoms with Crippen LogP contribution in [-0.2, 0) is 16.6 Å². The minimum absolute atomic E-state index is 0.0478. The van der Waals surface area contributed by atoms with Crippen molar-refractivity contribution in [2.45, 2.75) is 51.0 Å². The molecule has 2 aliphatic carbocycles. The van der Waals surface area contributed by atoms with Crippen LogP contribution in [0, 0.1) is 17.8 Å². The van der Waals surface area contributed by atoms with Crippen LogP contribution in [0.15, 0.2) is 18.2 Å². The summed E-state index contributed by atoms with van der Waals surface area (Å²) in [6.07, 6.45) is 3.82. The molecule has 5 atom stereocenters. The number of carbonyl (C=O) groups is 1. The Labute approximate surface area is 138 Å². The molecule has 0 aromatic heterocycles. The number of hydrogen-bond acceptors (Lipinski definition) is 3. The number of ketones is 1. The molecule has 1 saturated heterocycles. The first-order chi connectivity index (χ1) is 11.0. The summed E-state index contributed by atoms with van der Waals surface area (Å²) >= 11 is 0. The summed E-state index contributed by atoms with van der Waals surface area (Å²) in [5.41, 5.74) is 2.56. The molecule has 3 heteroatoms. The van der Waals surface area contributed by atoms with E-state index in [-0.39, 0.29) is 11.3 Å². The van der Waals surface area contributed by atoms with E-state index in [0.717, 1.165) is 25.8 Å². The molecule has 1 N–H and O–H groups in total. The molecular weight excluding hydrogens is 286 g/mol. The largest absolute Gasteiger partial charge is 0.508 e. The lowest BCUT2D eigenvalue weighted by molar-refractivity contribution is -0.138. The Morgan fingerprint density at radius 2 is 2.17 bits per heavy atom. The van der Waals surface area contributed by atoms with E-state index in [1.54, 1.807) is 6.07 Å². The highest BCUT2D eigenvalue weighted by molar-refractivity contribution is 5.84. The molecule has 124 valence electrons. The van der Waals surface area contributed by atoms with Gasteiger partial charge in [-0.15, -0.1) is 0 Å². The summed E-state index contributed by atoms with van der Waals surface area (Å²) in [6, 6.07) is 6.37. The van der Waals surface area contributed by atoms with Crippen LogP contribution in [0.5, 0.6) is 5.75 Å².